The molecule has 6 nitrogen and oxygen atoms in total. The molecular formula is C24H24N6S. The van der Waals surface area contributed by atoms with Crippen LogP contribution >= 0.6 is 11.3 Å². The number of nitrogens with one attached hydrogen (secondary N) is 2. The van der Waals surface area contributed by atoms with E-state index in [1.54, 1.807) is 29.8 Å². The number of benzene rings is 1. The molecule has 3 heterocycles. The van der Waals surface area contributed by atoms with Crippen molar-refractivity contribution in [3.05, 3.63) is 76.9 Å². The summed E-state index contributed by atoms with van der Waals surface area (Å²) >= 11 is 1.62. The van der Waals surface area contributed by atoms with E-state index in [1.165, 1.54) is 11.8 Å². The predicted octanol–water partition coefficient (Wildman–Crippen LogP) is 5.06. The van der Waals surface area contributed by atoms with E-state index in [2.05, 4.69) is 34.6 Å². The number of aromatic nitrogens is 3. The topological polar surface area (TPSA) is 101 Å². The second-order valence-electron chi connectivity index (χ2n) is 7.15. The number of allylic oxidation sites excluding steroid dienone is 1. The van der Waals surface area contributed by atoms with E-state index in [9.17, 15) is 0 Å². The van der Waals surface area contributed by atoms with Crippen molar-refractivity contribution in [1.82, 2.24) is 15.0 Å². The first-order valence-electron chi connectivity index (χ1n) is 10.1. The summed E-state index contributed by atoms with van der Waals surface area (Å²) < 4.78 is 0.978. The first-order chi connectivity index (χ1) is 15.2. The molecule has 0 saturated carbocycles. The molecule has 0 saturated heterocycles. The van der Waals surface area contributed by atoms with E-state index in [-0.39, 0.29) is 0 Å². The molecule has 0 bridgehead atoms. The fourth-order valence-electron chi connectivity index (χ4n) is 3.49. The highest BCUT2D eigenvalue weighted by atomic mass is 32.1. The fraction of sp³-hybridized carbons (Fsp3) is 0.167. The summed E-state index contributed by atoms with van der Waals surface area (Å²) in [5.74, 6) is 1.44. The lowest BCUT2D eigenvalue weighted by Crippen LogP contribution is -2.07. The van der Waals surface area contributed by atoms with E-state index >= 15 is 0 Å². The molecule has 31 heavy (non-hydrogen) atoms. The van der Waals surface area contributed by atoms with Crippen LogP contribution in [0, 0.1) is 12.3 Å². The van der Waals surface area contributed by atoms with Gasteiger partial charge in [0.15, 0.2) is 5.82 Å². The van der Waals surface area contributed by atoms with E-state index in [0.717, 1.165) is 51.4 Å². The van der Waals surface area contributed by atoms with Gasteiger partial charge < -0.3 is 16.5 Å². The number of pyridine rings is 1. The Morgan fingerprint density at radius 2 is 1.90 bits per heavy atom. The third-order valence-corrected chi connectivity index (χ3v) is 6.08. The zero-order valence-corrected chi connectivity index (χ0v) is 18.1. The van der Waals surface area contributed by atoms with Crippen LogP contribution in [0.15, 0.2) is 60.9 Å². The van der Waals surface area contributed by atoms with Crippen molar-refractivity contribution in [2.45, 2.75) is 19.8 Å². The van der Waals surface area contributed by atoms with Gasteiger partial charge in [-0.15, -0.1) is 11.3 Å². The molecule has 156 valence electrons. The zero-order valence-electron chi connectivity index (χ0n) is 17.3. The second-order valence-corrected chi connectivity index (χ2v) is 8.37. The lowest BCUT2D eigenvalue weighted by molar-refractivity contribution is 0.860. The van der Waals surface area contributed by atoms with Gasteiger partial charge in [-0.3, -0.25) is 4.98 Å². The minimum absolute atomic E-state index is 0.535. The number of hydrogen-bond donors (Lipinski definition) is 3. The predicted molar refractivity (Wildman–Crippen MR) is 130 cm³/mol. The molecule has 0 aliphatic carbocycles. The third kappa shape index (κ3) is 4.62. The SMILES string of the molecule is Cc1sc2c(NCCCc3ccccc3)nc(-c3ccncc3)nc2c1/C(N)=C/C=N. The van der Waals surface area contributed by atoms with Gasteiger partial charge in [-0.05, 0) is 43.5 Å². The first kappa shape index (κ1) is 20.7. The molecule has 0 aliphatic heterocycles. The van der Waals surface area contributed by atoms with Crippen molar-refractivity contribution < 1.29 is 0 Å². The van der Waals surface area contributed by atoms with Crippen molar-refractivity contribution in [3.8, 4) is 11.4 Å². The van der Waals surface area contributed by atoms with Gasteiger partial charge in [0.1, 0.15) is 5.82 Å². The van der Waals surface area contributed by atoms with Gasteiger partial charge in [-0.1, -0.05) is 30.3 Å². The van der Waals surface area contributed by atoms with Crippen LogP contribution in [0.1, 0.15) is 22.4 Å². The van der Waals surface area contributed by atoms with Crippen LogP contribution in [0.3, 0.4) is 0 Å². The van der Waals surface area contributed by atoms with E-state index in [4.69, 9.17) is 21.1 Å². The molecule has 0 radical (unpaired) electrons. The second kappa shape index (κ2) is 9.49. The molecule has 4 N–H and O–H groups in total. The average Bonchev–Trinajstić information content (AvgIpc) is 3.14. The summed E-state index contributed by atoms with van der Waals surface area (Å²) in [7, 11) is 0. The van der Waals surface area contributed by atoms with Gasteiger partial charge in [-0.2, -0.15) is 0 Å². The van der Waals surface area contributed by atoms with Gasteiger partial charge in [0.25, 0.3) is 0 Å². The molecule has 0 spiro atoms. The Morgan fingerprint density at radius 3 is 2.65 bits per heavy atom. The van der Waals surface area contributed by atoms with Gasteiger partial charge in [0, 0.05) is 46.9 Å². The molecule has 0 amide bonds. The van der Waals surface area contributed by atoms with Crippen LogP contribution < -0.4 is 11.1 Å². The maximum Gasteiger partial charge on any atom is 0.162 e. The zero-order chi connectivity index (χ0) is 21.6. The summed E-state index contributed by atoms with van der Waals surface area (Å²) in [6, 6.07) is 14.3. The molecule has 4 rings (SSSR count). The van der Waals surface area contributed by atoms with Crippen LogP contribution in [0.5, 0.6) is 0 Å². The summed E-state index contributed by atoms with van der Waals surface area (Å²) in [5.41, 5.74) is 10.7. The smallest absolute Gasteiger partial charge is 0.162 e. The number of nitrogens with zero attached hydrogens (tertiary/aromatic N) is 3. The van der Waals surface area contributed by atoms with Crippen LogP contribution in [0.25, 0.3) is 27.3 Å². The van der Waals surface area contributed by atoms with Crippen molar-refractivity contribution in [1.29, 1.82) is 5.41 Å². The number of thiophene rings is 1. The molecule has 0 aliphatic rings. The highest BCUT2D eigenvalue weighted by Crippen LogP contribution is 2.37. The summed E-state index contributed by atoms with van der Waals surface area (Å²) in [4.78, 5) is 14.8. The summed E-state index contributed by atoms with van der Waals surface area (Å²) in [6.45, 7) is 2.83. The van der Waals surface area contributed by atoms with Gasteiger partial charge in [-0.25, -0.2) is 9.97 Å². The third-order valence-electron chi connectivity index (χ3n) is 4.98. The quantitative estimate of drug-likeness (QED) is 0.269. The normalized spacial score (nSPS) is 11.6. The number of aryl methyl sites for hydroxylation is 2. The Kier molecular flexibility index (Phi) is 6.33. The molecule has 0 unspecified atom stereocenters. The Balaban J connectivity index is 1.69. The van der Waals surface area contributed by atoms with E-state index in [1.807, 2.05) is 25.1 Å². The van der Waals surface area contributed by atoms with Gasteiger partial charge in [0.2, 0.25) is 0 Å². The molecule has 7 heteroatoms. The van der Waals surface area contributed by atoms with Crippen LogP contribution in [-0.2, 0) is 6.42 Å². The maximum atomic E-state index is 7.39. The Bertz CT molecular complexity index is 1220. The Hall–Kier alpha value is -3.58. The standard InChI is InChI=1S/C24H24N6S/c1-16-20(19(26)9-12-25)21-22(31-16)24(28-13-5-8-17-6-3-2-4-7-17)30-23(29-21)18-10-14-27-15-11-18/h2-4,6-7,9-12,14-15,25H,5,8,13,26H2,1H3,(H,28,29,30)/b19-9-,25-12?. The van der Waals surface area contributed by atoms with Crippen molar-refractivity contribution in [3.63, 3.8) is 0 Å². The fourth-order valence-corrected chi connectivity index (χ4v) is 4.58. The number of anilines is 1. The van der Waals surface area contributed by atoms with Crippen LogP contribution in [-0.4, -0.2) is 27.7 Å². The maximum absolute atomic E-state index is 7.39. The van der Waals surface area contributed by atoms with Gasteiger partial charge >= 0.3 is 0 Å². The number of nitrogens with two attached hydrogens (primary N) is 1. The number of fused-ring (bicyclic) bond motifs is 1. The van der Waals surface area contributed by atoms with Crippen molar-refractivity contribution >= 4 is 39.3 Å². The number of rotatable bonds is 8. The van der Waals surface area contributed by atoms with E-state index < -0.39 is 0 Å². The van der Waals surface area contributed by atoms with Crippen molar-refractivity contribution in [2.24, 2.45) is 5.73 Å². The number of hydrogen-bond acceptors (Lipinski definition) is 7. The van der Waals surface area contributed by atoms with E-state index in [0.29, 0.717) is 11.5 Å². The first-order valence-corrected chi connectivity index (χ1v) is 10.9. The summed E-state index contributed by atoms with van der Waals surface area (Å²) in [6.07, 6.45) is 8.26. The largest absolute Gasteiger partial charge is 0.398 e. The summed E-state index contributed by atoms with van der Waals surface area (Å²) in [5, 5.41) is 10.9. The minimum atomic E-state index is 0.535. The molecule has 0 atom stereocenters. The molecule has 4 aromatic rings. The molecule has 3 aromatic heterocycles. The molecule has 1 aromatic carbocycles. The van der Waals surface area contributed by atoms with Crippen molar-refractivity contribution in [2.75, 3.05) is 11.9 Å². The minimum Gasteiger partial charge on any atom is -0.398 e. The highest BCUT2D eigenvalue weighted by Gasteiger charge is 2.18. The Morgan fingerprint density at radius 1 is 1.13 bits per heavy atom. The highest BCUT2D eigenvalue weighted by molar-refractivity contribution is 7.19. The van der Waals surface area contributed by atoms with Crippen LogP contribution in [0.4, 0.5) is 5.82 Å². The molecular weight excluding hydrogens is 404 g/mol. The monoisotopic (exact) mass is 428 g/mol. The average molecular weight is 429 g/mol. The molecule has 0 fully saturated rings. The van der Waals surface area contributed by atoms with Crippen LogP contribution in [0.2, 0.25) is 0 Å². The Labute approximate surface area is 185 Å². The van der Waals surface area contributed by atoms with Gasteiger partial charge in [0.05, 0.1) is 10.2 Å². The lowest BCUT2D eigenvalue weighted by Gasteiger charge is -2.10. The lowest BCUT2D eigenvalue weighted by atomic mass is 10.1.